The summed E-state index contributed by atoms with van der Waals surface area (Å²) in [5, 5.41) is 0.726. The molecule has 4 nitrogen and oxygen atoms in total. The molecular weight excluding hydrogens is 314 g/mol. The highest BCUT2D eigenvalue weighted by Gasteiger charge is 2.25. The van der Waals surface area contributed by atoms with Gasteiger partial charge in [-0.05, 0) is 76.5 Å². The van der Waals surface area contributed by atoms with E-state index in [1.54, 1.807) is 0 Å². The summed E-state index contributed by atoms with van der Waals surface area (Å²) in [6, 6.07) is 7.46. The topological polar surface area (TPSA) is 38.8 Å². The van der Waals surface area contributed by atoms with Crippen molar-refractivity contribution in [1.82, 2.24) is 4.90 Å². The minimum atomic E-state index is -0.0245. The van der Waals surface area contributed by atoms with Crippen molar-refractivity contribution < 1.29 is 14.3 Å². The summed E-state index contributed by atoms with van der Waals surface area (Å²) >= 11 is 5.84. The zero-order valence-corrected chi connectivity index (χ0v) is 14.6. The first kappa shape index (κ1) is 18.1. The lowest BCUT2D eigenvalue weighted by molar-refractivity contribution is -0.149. The number of benzene rings is 1. The van der Waals surface area contributed by atoms with Gasteiger partial charge in [-0.15, -0.1) is 0 Å². The van der Waals surface area contributed by atoms with Crippen molar-refractivity contribution in [3.63, 3.8) is 0 Å². The molecule has 0 aliphatic carbocycles. The summed E-state index contributed by atoms with van der Waals surface area (Å²) in [5.41, 5.74) is 0. The molecule has 128 valence electrons. The molecule has 0 radical (unpaired) electrons. The number of carbonyl (C=O) groups excluding carboxylic acids is 1. The number of carbonyl (C=O) groups is 1. The van der Waals surface area contributed by atoms with Crippen molar-refractivity contribution in [2.24, 2.45) is 5.92 Å². The molecule has 23 heavy (non-hydrogen) atoms. The van der Waals surface area contributed by atoms with E-state index in [1.165, 1.54) is 0 Å². The third-order valence-corrected chi connectivity index (χ3v) is 4.41. The van der Waals surface area contributed by atoms with Gasteiger partial charge in [0.05, 0.1) is 19.1 Å². The van der Waals surface area contributed by atoms with E-state index in [2.05, 4.69) is 4.90 Å². The highest BCUT2D eigenvalue weighted by Crippen LogP contribution is 2.19. The van der Waals surface area contributed by atoms with Gasteiger partial charge in [-0.2, -0.15) is 0 Å². The van der Waals surface area contributed by atoms with Gasteiger partial charge in [0, 0.05) is 5.02 Å². The number of piperidine rings is 1. The van der Waals surface area contributed by atoms with Crippen molar-refractivity contribution in [2.45, 2.75) is 32.6 Å². The number of likely N-dealkylation sites (tertiary alicyclic amines) is 1. The molecule has 1 aromatic carbocycles. The van der Waals surface area contributed by atoms with Crippen molar-refractivity contribution in [3.8, 4) is 5.75 Å². The molecule has 0 saturated carbocycles. The largest absolute Gasteiger partial charge is 0.494 e. The molecule has 0 atom stereocenters. The van der Waals surface area contributed by atoms with Crippen LogP contribution < -0.4 is 4.74 Å². The maximum atomic E-state index is 11.7. The molecule has 0 amide bonds. The van der Waals surface area contributed by atoms with Crippen LogP contribution in [0.15, 0.2) is 24.3 Å². The maximum absolute atomic E-state index is 11.7. The third-order valence-electron chi connectivity index (χ3n) is 4.16. The van der Waals surface area contributed by atoms with Gasteiger partial charge >= 0.3 is 5.97 Å². The average Bonchev–Trinajstić information content (AvgIpc) is 2.57. The number of rotatable bonds is 8. The first-order valence-corrected chi connectivity index (χ1v) is 8.84. The Morgan fingerprint density at radius 3 is 2.57 bits per heavy atom. The van der Waals surface area contributed by atoms with Gasteiger partial charge in [0.25, 0.3) is 0 Å². The highest BCUT2D eigenvalue weighted by molar-refractivity contribution is 6.30. The van der Waals surface area contributed by atoms with Gasteiger partial charge in [0.1, 0.15) is 5.75 Å². The molecule has 0 N–H and O–H groups in total. The summed E-state index contributed by atoms with van der Waals surface area (Å²) in [6.07, 6.45) is 3.97. The molecule has 2 rings (SSSR count). The van der Waals surface area contributed by atoms with E-state index >= 15 is 0 Å². The fourth-order valence-corrected chi connectivity index (χ4v) is 2.94. The van der Waals surface area contributed by atoms with Crippen LogP contribution in [0.2, 0.25) is 5.02 Å². The van der Waals surface area contributed by atoms with Crippen LogP contribution in [0, 0.1) is 5.92 Å². The van der Waals surface area contributed by atoms with E-state index < -0.39 is 0 Å². The van der Waals surface area contributed by atoms with Gasteiger partial charge in [-0.25, -0.2) is 0 Å². The lowest BCUT2D eigenvalue weighted by atomic mass is 9.97. The molecule has 1 aliphatic heterocycles. The predicted octanol–water partition coefficient (Wildman–Crippen LogP) is 3.77. The fraction of sp³-hybridized carbons (Fsp3) is 0.611. The van der Waals surface area contributed by atoms with Crippen LogP contribution in [-0.2, 0) is 9.53 Å². The Balaban J connectivity index is 1.54. The Hall–Kier alpha value is -1.26. The van der Waals surface area contributed by atoms with E-state index in [9.17, 15) is 4.79 Å². The van der Waals surface area contributed by atoms with Gasteiger partial charge in [-0.1, -0.05) is 11.6 Å². The Morgan fingerprint density at radius 1 is 1.22 bits per heavy atom. The van der Waals surface area contributed by atoms with Gasteiger partial charge in [0.2, 0.25) is 0 Å². The van der Waals surface area contributed by atoms with E-state index in [0.717, 1.165) is 62.7 Å². The number of esters is 1. The Labute approximate surface area is 143 Å². The zero-order chi connectivity index (χ0) is 16.5. The fourth-order valence-electron chi connectivity index (χ4n) is 2.81. The SMILES string of the molecule is CCOC(=O)C1CCN(CCCCOc2ccc(Cl)cc2)CC1. The molecule has 1 heterocycles. The molecule has 0 unspecified atom stereocenters. The Kier molecular flexibility index (Phi) is 7.69. The standard InChI is InChI=1S/C18H26ClNO3/c1-2-22-18(21)15-9-12-20(13-10-15)11-3-4-14-23-17-7-5-16(19)6-8-17/h5-8,15H,2-4,9-14H2,1H3. The second-order valence-electron chi connectivity index (χ2n) is 5.88. The van der Waals surface area contributed by atoms with E-state index in [-0.39, 0.29) is 11.9 Å². The molecule has 5 heteroatoms. The first-order chi connectivity index (χ1) is 11.2. The van der Waals surface area contributed by atoms with Crippen LogP contribution in [0.3, 0.4) is 0 Å². The van der Waals surface area contributed by atoms with Crippen molar-refractivity contribution in [2.75, 3.05) is 32.8 Å². The van der Waals surface area contributed by atoms with Crippen LogP contribution in [-0.4, -0.2) is 43.7 Å². The first-order valence-electron chi connectivity index (χ1n) is 8.46. The van der Waals surface area contributed by atoms with E-state index in [1.807, 2.05) is 31.2 Å². The summed E-state index contributed by atoms with van der Waals surface area (Å²) in [4.78, 5) is 14.1. The Morgan fingerprint density at radius 2 is 1.91 bits per heavy atom. The number of halogens is 1. The summed E-state index contributed by atoms with van der Waals surface area (Å²) in [5.74, 6) is 0.938. The zero-order valence-electron chi connectivity index (χ0n) is 13.8. The van der Waals surface area contributed by atoms with Crippen molar-refractivity contribution in [3.05, 3.63) is 29.3 Å². The lowest BCUT2D eigenvalue weighted by Crippen LogP contribution is -2.37. The second-order valence-corrected chi connectivity index (χ2v) is 6.31. The number of hydrogen-bond donors (Lipinski definition) is 0. The molecular formula is C18H26ClNO3. The molecule has 0 spiro atoms. The summed E-state index contributed by atoms with van der Waals surface area (Å²) < 4.78 is 10.8. The highest BCUT2D eigenvalue weighted by atomic mass is 35.5. The van der Waals surface area contributed by atoms with Gasteiger partial charge in [0.15, 0.2) is 0 Å². The lowest BCUT2D eigenvalue weighted by Gasteiger charge is -2.30. The van der Waals surface area contributed by atoms with Crippen molar-refractivity contribution >= 4 is 17.6 Å². The molecule has 0 aromatic heterocycles. The van der Waals surface area contributed by atoms with Crippen LogP contribution in [0.5, 0.6) is 5.75 Å². The average molecular weight is 340 g/mol. The molecule has 1 aliphatic rings. The monoisotopic (exact) mass is 339 g/mol. The predicted molar refractivity (Wildman–Crippen MR) is 92.0 cm³/mol. The summed E-state index contributed by atoms with van der Waals surface area (Å²) in [6.45, 7) is 6.11. The summed E-state index contributed by atoms with van der Waals surface area (Å²) in [7, 11) is 0. The second kappa shape index (κ2) is 9.78. The van der Waals surface area contributed by atoms with Crippen LogP contribution >= 0.6 is 11.6 Å². The molecule has 1 saturated heterocycles. The minimum absolute atomic E-state index is 0.0245. The number of hydrogen-bond acceptors (Lipinski definition) is 4. The number of unbranched alkanes of at least 4 members (excludes halogenated alkanes) is 1. The third kappa shape index (κ3) is 6.40. The van der Waals surface area contributed by atoms with Gasteiger partial charge < -0.3 is 14.4 Å². The normalized spacial score (nSPS) is 16.3. The van der Waals surface area contributed by atoms with Crippen LogP contribution in [0.4, 0.5) is 0 Å². The Bertz CT molecular complexity index is 470. The molecule has 1 fully saturated rings. The van der Waals surface area contributed by atoms with Crippen molar-refractivity contribution in [1.29, 1.82) is 0 Å². The van der Waals surface area contributed by atoms with Crippen LogP contribution in [0.25, 0.3) is 0 Å². The van der Waals surface area contributed by atoms with E-state index in [4.69, 9.17) is 21.1 Å². The van der Waals surface area contributed by atoms with E-state index in [0.29, 0.717) is 6.61 Å². The van der Waals surface area contributed by atoms with Gasteiger partial charge in [-0.3, -0.25) is 4.79 Å². The molecule has 0 bridgehead atoms. The van der Waals surface area contributed by atoms with Crippen LogP contribution in [0.1, 0.15) is 32.6 Å². The quantitative estimate of drug-likeness (QED) is 0.534. The molecule has 1 aromatic rings. The smallest absolute Gasteiger partial charge is 0.309 e. The maximum Gasteiger partial charge on any atom is 0.309 e. The number of ether oxygens (including phenoxy) is 2. The minimum Gasteiger partial charge on any atom is -0.494 e. The number of nitrogens with zero attached hydrogens (tertiary/aromatic N) is 1.